The fraction of sp³-hybridized carbons (Fsp3) is 0.625. The van der Waals surface area contributed by atoms with Crippen molar-refractivity contribution in [1.82, 2.24) is 4.90 Å². The molecule has 0 saturated heterocycles. The molecule has 2 aliphatic rings. The monoisotopic (exact) mass is 307 g/mol. The number of methoxy groups -OCH3 is 1. The third-order valence-electron chi connectivity index (χ3n) is 4.51. The largest absolute Gasteiger partial charge is 0.468 e. The van der Waals surface area contributed by atoms with Crippen LogP contribution in [0.4, 0.5) is 0 Å². The van der Waals surface area contributed by atoms with Gasteiger partial charge in [0, 0.05) is 10.9 Å². The molecule has 0 unspecified atom stereocenters. The molecule has 3 rings (SSSR count). The molecule has 0 bridgehead atoms. The molecule has 4 nitrogen and oxygen atoms in total. The summed E-state index contributed by atoms with van der Waals surface area (Å²) < 4.78 is 4.76. The summed E-state index contributed by atoms with van der Waals surface area (Å²) in [5.41, 5.74) is 1.33. The Morgan fingerprint density at radius 2 is 2.05 bits per heavy atom. The number of thiophene rings is 1. The highest BCUT2D eigenvalue weighted by molar-refractivity contribution is 7.14. The van der Waals surface area contributed by atoms with Crippen LogP contribution in [0.2, 0.25) is 0 Å². The summed E-state index contributed by atoms with van der Waals surface area (Å²) in [4.78, 5) is 28.3. The van der Waals surface area contributed by atoms with E-state index in [2.05, 4.69) is 0 Å². The van der Waals surface area contributed by atoms with Crippen LogP contribution in [0.1, 0.15) is 52.2 Å². The number of esters is 1. The van der Waals surface area contributed by atoms with E-state index < -0.39 is 0 Å². The van der Waals surface area contributed by atoms with Crippen molar-refractivity contribution in [2.75, 3.05) is 13.7 Å². The van der Waals surface area contributed by atoms with E-state index in [1.165, 1.54) is 24.0 Å². The van der Waals surface area contributed by atoms with Gasteiger partial charge in [0.15, 0.2) is 0 Å². The molecular weight excluding hydrogens is 286 g/mol. The fourth-order valence-corrected chi connectivity index (χ4v) is 4.57. The predicted molar refractivity (Wildman–Crippen MR) is 81.7 cm³/mol. The maximum atomic E-state index is 12.8. The van der Waals surface area contributed by atoms with E-state index in [0.29, 0.717) is 0 Å². The Bertz CT molecular complexity index is 524. The molecular formula is C16H21NO3S. The number of hydrogen-bond donors (Lipinski definition) is 0. The van der Waals surface area contributed by atoms with E-state index in [0.717, 1.165) is 43.4 Å². The summed E-state index contributed by atoms with van der Waals surface area (Å²) in [7, 11) is 1.37. The molecule has 1 saturated carbocycles. The summed E-state index contributed by atoms with van der Waals surface area (Å²) in [6.45, 7) is 0.0720. The Morgan fingerprint density at radius 1 is 1.29 bits per heavy atom. The molecule has 5 heteroatoms. The second-order valence-corrected chi connectivity index (χ2v) is 7.00. The smallest absolute Gasteiger partial charge is 0.325 e. The number of nitrogens with zero attached hydrogens (tertiary/aromatic N) is 1. The van der Waals surface area contributed by atoms with Crippen molar-refractivity contribution in [3.05, 3.63) is 21.4 Å². The topological polar surface area (TPSA) is 46.6 Å². The van der Waals surface area contributed by atoms with E-state index >= 15 is 0 Å². The quantitative estimate of drug-likeness (QED) is 0.804. The van der Waals surface area contributed by atoms with Gasteiger partial charge < -0.3 is 9.64 Å². The number of fused-ring (bicyclic) bond motifs is 1. The first kappa shape index (κ1) is 14.6. The fourth-order valence-electron chi connectivity index (χ4n) is 3.36. The Kier molecular flexibility index (Phi) is 4.29. The number of aryl methyl sites for hydroxylation is 2. The number of carbonyl (C=O) groups is 2. The predicted octanol–water partition coefficient (Wildman–Crippen LogP) is 2.79. The summed E-state index contributed by atoms with van der Waals surface area (Å²) >= 11 is 1.61. The lowest BCUT2D eigenvalue weighted by molar-refractivity contribution is -0.141. The van der Waals surface area contributed by atoms with E-state index in [4.69, 9.17) is 4.74 Å². The molecule has 0 aromatic carbocycles. The van der Waals surface area contributed by atoms with Crippen LogP contribution in [0.15, 0.2) is 6.07 Å². The van der Waals surface area contributed by atoms with Crippen LogP contribution >= 0.6 is 11.3 Å². The molecule has 0 atom stereocenters. The van der Waals surface area contributed by atoms with Crippen molar-refractivity contribution in [1.29, 1.82) is 0 Å². The van der Waals surface area contributed by atoms with Gasteiger partial charge in [0.05, 0.1) is 12.0 Å². The third-order valence-corrected chi connectivity index (χ3v) is 5.74. The normalized spacial score (nSPS) is 17.8. The van der Waals surface area contributed by atoms with Crippen LogP contribution in [-0.4, -0.2) is 36.5 Å². The van der Waals surface area contributed by atoms with Crippen LogP contribution in [0.3, 0.4) is 0 Å². The van der Waals surface area contributed by atoms with Crippen molar-refractivity contribution < 1.29 is 14.3 Å². The first-order valence-electron chi connectivity index (χ1n) is 7.68. The molecule has 2 aliphatic carbocycles. The number of rotatable bonds is 4. The number of ether oxygens (including phenoxy) is 1. The van der Waals surface area contributed by atoms with E-state index in [1.54, 1.807) is 16.2 Å². The maximum absolute atomic E-state index is 12.8. The van der Waals surface area contributed by atoms with Crippen molar-refractivity contribution in [3.8, 4) is 0 Å². The van der Waals surface area contributed by atoms with Crippen LogP contribution < -0.4 is 0 Å². The molecule has 0 spiro atoms. The molecule has 1 heterocycles. The minimum atomic E-state index is -0.334. The number of amides is 1. The average molecular weight is 307 g/mol. The van der Waals surface area contributed by atoms with E-state index in [-0.39, 0.29) is 24.5 Å². The molecule has 114 valence electrons. The standard InChI is InChI=1S/C16H21NO3S/c1-20-15(18)10-17(12-6-2-3-7-12)16(19)14-9-11-5-4-8-13(11)21-14/h9,12H,2-8,10H2,1H3. The van der Waals surface area contributed by atoms with Crippen molar-refractivity contribution in [3.63, 3.8) is 0 Å². The van der Waals surface area contributed by atoms with Crippen LogP contribution in [0.5, 0.6) is 0 Å². The van der Waals surface area contributed by atoms with Crippen molar-refractivity contribution in [2.45, 2.75) is 51.0 Å². The Hall–Kier alpha value is -1.36. The van der Waals surface area contributed by atoms with Gasteiger partial charge >= 0.3 is 5.97 Å². The molecule has 1 fully saturated rings. The second-order valence-electron chi connectivity index (χ2n) is 5.86. The second kappa shape index (κ2) is 6.18. The highest BCUT2D eigenvalue weighted by Gasteiger charge is 2.31. The summed E-state index contributed by atoms with van der Waals surface area (Å²) in [5, 5.41) is 0. The molecule has 1 aromatic rings. The minimum Gasteiger partial charge on any atom is -0.468 e. The molecule has 21 heavy (non-hydrogen) atoms. The van der Waals surface area contributed by atoms with Gasteiger partial charge in [-0.05, 0) is 43.7 Å². The van der Waals surface area contributed by atoms with Gasteiger partial charge in [0.1, 0.15) is 6.54 Å². The number of hydrogen-bond acceptors (Lipinski definition) is 4. The van der Waals surface area contributed by atoms with E-state index in [1.807, 2.05) is 6.07 Å². The van der Waals surface area contributed by atoms with Crippen LogP contribution in [-0.2, 0) is 22.4 Å². The molecule has 1 amide bonds. The van der Waals surface area contributed by atoms with Gasteiger partial charge in [-0.2, -0.15) is 0 Å². The SMILES string of the molecule is COC(=O)CN(C(=O)c1cc2c(s1)CCC2)C1CCCC1. The lowest BCUT2D eigenvalue weighted by Gasteiger charge is -2.27. The lowest BCUT2D eigenvalue weighted by atomic mass is 10.2. The third kappa shape index (κ3) is 2.98. The van der Waals surface area contributed by atoms with Gasteiger partial charge in [0.25, 0.3) is 5.91 Å². The first-order valence-corrected chi connectivity index (χ1v) is 8.50. The Balaban J connectivity index is 1.80. The minimum absolute atomic E-state index is 0.00620. The van der Waals surface area contributed by atoms with Crippen LogP contribution in [0, 0.1) is 0 Å². The zero-order chi connectivity index (χ0) is 14.8. The molecule has 0 aliphatic heterocycles. The first-order chi connectivity index (χ1) is 10.2. The highest BCUT2D eigenvalue weighted by atomic mass is 32.1. The zero-order valence-corrected chi connectivity index (χ0v) is 13.2. The summed E-state index contributed by atoms with van der Waals surface area (Å²) in [6, 6.07) is 2.22. The van der Waals surface area contributed by atoms with E-state index in [9.17, 15) is 9.59 Å². The van der Waals surface area contributed by atoms with Gasteiger partial charge in [0.2, 0.25) is 0 Å². The lowest BCUT2D eigenvalue weighted by Crippen LogP contribution is -2.42. The molecule has 0 N–H and O–H groups in total. The van der Waals surface area contributed by atoms with Gasteiger partial charge in [-0.1, -0.05) is 12.8 Å². The van der Waals surface area contributed by atoms with Crippen LogP contribution in [0.25, 0.3) is 0 Å². The van der Waals surface area contributed by atoms with Gasteiger partial charge in [-0.15, -0.1) is 11.3 Å². The Morgan fingerprint density at radius 3 is 2.71 bits per heavy atom. The average Bonchev–Trinajstić information content (AvgIpc) is 3.18. The summed E-state index contributed by atoms with van der Waals surface area (Å²) in [5.74, 6) is -0.328. The number of carbonyl (C=O) groups excluding carboxylic acids is 2. The van der Waals surface area contributed by atoms with Gasteiger partial charge in [-0.25, -0.2) is 0 Å². The summed E-state index contributed by atoms with van der Waals surface area (Å²) in [6.07, 6.45) is 7.63. The van der Waals surface area contributed by atoms with Gasteiger partial charge in [-0.3, -0.25) is 9.59 Å². The molecule has 1 aromatic heterocycles. The maximum Gasteiger partial charge on any atom is 0.325 e. The van der Waals surface area contributed by atoms with Crippen molar-refractivity contribution >= 4 is 23.2 Å². The molecule has 0 radical (unpaired) electrons. The highest BCUT2D eigenvalue weighted by Crippen LogP contribution is 2.33. The van der Waals surface area contributed by atoms with Crippen molar-refractivity contribution in [2.24, 2.45) is 0 Å². The zero-order valence-electron chi connectivity index (χ0n) is 12.4. The Labute approximate surface area is 129 Å².